The minimum atomic E-state index is 0.644. The first kappa shape index (κ1) is 22.7. The quantitative estimate of drug-likeness (QED) is 0.355. The normalized spacial score (nSPS) is 11.4. The van der Waals surface area contributed by atoms with Crippen molar-refractivity contribution in [1.82, 2.24) is 34.6 Å². The second-order valence-corrected chi connectivity index (χ2v) is 9.56. The molecular weight excluding hydrogens is 436 g/mol. The Balaban J connectivity index is 1.29. The number of benzene rings is 2. The monoisotopic (exact) mass is 467 g/mol. The van der Waals surface area contributed by atoms with Gasteiger partial charge in [-0.15, -0.1) is 10.2 Å². The van der Waals surface area contributed by atoms with Crippen molar-refractivity contribution in [2.45, 2.75) is 54.6 Å². The summed E-state index contributed by atoms with van der Waals surface area (Å²) >= 11 is 0. The standard InChI is InChI=1S/C27H31N8/c1-18-9-20(3)26(21(4)10-18)34-15-24(28-30-34)13-32-7-8-33(17-32)14-25-16-35(31-29-25)27-22(5)11-19(2)12-23(27)6/h7-12,15-17H,13-14H2,1-6H3/q+1. The molecule has 0 unspecified atom stereocenters. The summed E-state index contributed by atoms with van der Waals surface area (Å²) in [4.78, 5) is 0. The lowest BCUT2D eigenvalue weighted by atomic mass is 10.1. The van der Waals surface area contributed by atoms with Gasteiger partial charge < -0.3 is 0 Å². The lowest BCUT2D eigenvalue weighted by Crippen LogP contribution is -2.31. The molecule has 3 aromatic heterocycles. The van der Waals surface area contributed by atoms with Crippen LogP contribution in [0.1, 0.15) is 44.8 Å². The maximum atomic E-state index is 4.40. The van der Waals surface area contributed by atoms with Gasteiger partial charge in [0.15, 0.2) is 0 Å². The van der Waals surface area contributed by atoms with Gasteiger partial charge in [-0.25, -0.2) is 18.5 Å². The highest BCUT2D eigenvalue weighted by Crippen LogP contribution is 2.21. The molecule has 2 aromatic carbocycles. The molecule has 0 fully saturated rings. The predicted octanol–water partition coefficient (Wildman–Crippen LogP) is 3.88. The molecule has 5 aromatic rings. The Labute approximate surface area is 205 Å². The molecule has 35 heavy (non-hydrogen) atoms. The van der Waals surface area contributed by atoms with Crippen LogP contribution in [0.3, 0.4) is 0 Å². The summed E-state index contributed by atoms with van der Waals surface area (Å²) in [5, 5.41) is 17.6. The van der Waals surface area contributed by atoms with Gasteiger partial charge in [0.05, 0.1) is 23.8 Å². The van der Waals surface area contributed by atoms with Crippen molar-refractivity contribution >= 4 is 0 Å². The maximum absolute atomic E-state index is 4.40. The first-order valence-corrected chi connectivity index (χ1v) is 11.8. The Kier molecular flexibility index (Phi) is 5.80. The molecule has 0 saturated heterocycles. The molecule has 0 radical (unpaired) electrons. The molecule has 0 spiro atoms. The van der Waals surface area contributed by atoms with E-state index < -0.39 is 0 Å². The van der Waals surface area contributed by atoms with E-state index in [1.54, 1.807) is 0 Å². The summed E-state index contributed by atoms with van der Waals surface area (Å²) in [5.74, 6) is 0. The van der Waals surface area contributed by atoms with Crippen molar-refractivity contribution in [3.05, 3.63) is 100 Å². The van der Waals surface area contributed by atoms with E-state index in [1.807, 2.05) is 34.2 Å². The molecular formula is C27H31N8+. The van der Waals surface area contributed by atoms with Crippen LogP contribution in [0, 0.1) is 41.5 Å². The van der Waals surface area contributed by atoms with Crippen molar-refractivity contribution in [2.24, 2.45) is 0 Å². The summed E-state index contributed by atoms with van der Waals surface area (Å²) < 4.78 is 7.96. The zero-order valence-electron chi connectivity index (χ0n) is 21.2. The molecule has 0 amide bonds. The van der Waals surface area contributed by atoms with E-state index in [4.69, 9.17) is 0 Å². The number of imidazole rings is 1. The van der Waals surface area contributed by atoms with E-state index in [2.05, 4.69) is 102 Å². The average molecular weight is 468 g/mol. The Morgan fingerprint density at radius 3 is 1.71 bits per heavy atom. The summed E-state index contributed by atoms with van der Waals surface area (Å²) in [7, 11) is 0. The van der Waals surface area contributed by atoms with E-state index >= 15 is 0 Å². The minimum Gasteiger partial charge on any atom is -0.231 e. The molecule has 0 N–H and O–H groups in total. The summed E-state index contributed by atoms with van der Waals surface area (Å²) in [6.07, 6.45) is 10.2. The molecule has 3 heterocycles. The fourth-order valence-electron chi connectivity index (χ4n) is 5.03. The number of hydrogen-bond acceptors (Lipinski definition) is 4. The predicted molar refractivity (Wildman–Crippen MR) is 134 cm³/mol. The van der Waals surface area contributed by atoms with Crippen LogP contribution in [0.25, 0.3) is 11.4 Å². The fourth-order valence-corrected chi connectivity index (χ4v) is 5.03. The first-order valence-electron chi connectivity index (χ1n) is 11.8. The Morgan fingerprint density at radius 1 is 0.686 bits per heavy atom. The topological polar surface area (TPSA) is 70.2 Å². The van der Waals surface area contributed by atoms with Gasteiger partial charge >= 0.3 is 0 Å². The largest absolute Gasteiger partial charge is 0.244 e. The zero-order valence-corrected chi connectivity index (χ0v) is 21.2. The van der Waals surface area contributed by atoms with Crippen molar-refractivity contribution in [1.29, 1.82) is 0 Å². The van der Waals surface area contributed by atoms with Gasteiger partial charge in [-0.3, -0.25) is 0 Å². The van der Waals surface area contributed by atoms with E-state index in [1.165, 1.54) is 33.4 Å². The average Bonchev–Trinajstić information content (AvgIpc) is 3.50. The van der Waals surface area contributed by atoms with Crippen molar-refractivity contribution < 1.29 is 4.57 Å². The number of nitrogens with zero attached hydrogens (tertiary/aromatic N) is 8. The van der Waals surface area contributed by atoms with Crippen LogP contribution in [-0.2, 0) is 13.1 Å². The SMILES string of the molecule is Cc1cc(C)c(-n2cc(Cn3cc[n+](Cc4cn(-c5c(C)cc(C)cc5C)nn4)c3)nn2)c(C)c1. The Morgan fingerprint density at radius 2 is 1.17 bits per heavy atom. The number of rotatable bonds is 6. The third-order valence-electron chi connectivity index (χ3n) is 6.25. The highest BCUT2D eigenvalue weighted by atomic mass is 15.4. The highest BCUT2D eigenvalue weighted by Gasteiger charge is 2.14. The van der Waals surface area contributed by atoms with E-state index in [-0.39, 0.29) is 0 Å². The van der Waals surface area contributed by atoms with Gasteiger partial charge in [-0.2, -0.15) is 0 Å². The molecule has 0 aliphatic carbocycles. The second kappa shape index (κ2) is 8.94. The zero-order chi connectivity index (χ0) is 24.7. The molecule has 0 saturated carbocycles. The van der Waals surface area contributed by atoms with Crippen LogP contribution < -0.4 is 4.57 Å². The van der Waals surface area contributed by atoms with Gasteiger partial charge in [0.25, 0.3) is 0 Å². The third kappa shape index (κ3) is 4.64. The third-order valence-corrected chi connectivity index (χ3v) is 6.25. The van der Waals surface area contributed by atoms with E-state index in [0.29, 0.717) is 13.1 Å². The molecule has 0 bridgehead atoms. The van der Waals surface area contributed by atoms with Gasteiger partial charge in [-0.05, 0) is 63.8 Å². The molecule has 8 nitrogen and oxygen atoms in total. The van der Waals surface area contributed by atoms with Crippen LogP contribution in [0.2, 0.25) is 0 Å². The Hall–Kier alpha value is -4.07. The fraction of sp³-hybridized carbons (Fsp3) is 0.296. The van der Waals surface area contributed by atoms with Crippen molar-refractivity contribution in [3.8, 4) is 11.4 Å². The smallest absolute Gasteiger partial charge is 0.231 e. The molecule has 0 atom stereocenters. The van der Waals surface area contributed by atoms with Crippen LogP contribution in [0.5, 0.6) is 0 Å². The van der Waals surface area contributed by atoms with E-state index in [9.17, 15) is 0 Å². The van der Waals surface area contributed by atoms with Crippen molar-refractivity contribution in [2.75, 3.05) is 0 Å². The van der Waals surface area contributed by atoms with Crippen LogP contribution in [0.4, 0.5) is 0 Å². The van der Waals surface area contributed by atoms with Gasteiger partial charge in [-0.1, -0.05) is 45.8 Å². The van der Waals surface area contributed by atoms with Gasteiger partial charge in [0.2, 0.25) is 6.33 Å². The maximum Gasteiger partial charge on any atom is 0.244 e. The number of hydrogen-bond donors (Lipinski definition) is 0. The van der Waals surface area contributed by atoms with E-state index in [0.717, 1.165) is 22.8 Å². The molecule has 0 aliphatic heterocycles. The molecule has 8 heteroatoms. The molecule has 0 aliphatic rings. The van der Waals surface area contributed by atoms with Crippen molar-refractivity contribution in [3.63, 3.8) is 0 Å². The van der Waals surface area contributed by atoms with Gasteiger partial charge in [0, 0.05) is 0 Å². The Bertz CT molecular complexity index is 1360. The highest BCUT2D eigenvalue weighted by molar-refractivity contribution is 5.49. The van der Waals surface area contributed by atoms with Crippen LogP contribution in [0.15, 0.2) is 55.4 Å². The lowest BCUT2D eigenvalue weighted by molar-refractivity contribution is -0.688. The number of aryl methyl sites for hydroxylation is 6. The van der Waals surface area contributed by atoms with Gasteiger partial charge in [0.1, 0.15) is 36.9 Å². The minimum absolute atomic E-state index is 0.644. The van der Waals surface area contributed by atoms with Crippen LogP contribution >= 0.6 is 0 Å². The molecule has 178 valence electrons. The van der Waals surface area contributed by atoms with Crippen LogP contribution in [-0.4, -0.2) is 34.6 Å². The lowest BCUT2D eigenvalue weighted by Gasteiger charge is -2.10. The summed E-state index contributed by atoms with van der Waals surface area (Å²) in [5.41, 5.74) is 11.3. The molecule has 5 rings (SSSR count). The summed E-state index contributed by atoms with van der Waals surface area (Å²) in [6, 6.07) is 8.71. The number of aromatic nitrogens is 8. The second-order valence-electron chi connectivity index (χ2n) is 9.56. The first-order chi connectivity index (χ1) is 16.8. The summed E-state index contributed by atoms with van der Waals surface area (Å²) in [6.45, 7) is 14.0.